The molecule has 6 nitrogen and oxygen atoms in total. The van der Waals surface area contributed by atoms with Gasteiger partial charge >= 0.3 is 10.3 Å². The minimum absolute atomic E-state index is 0.162. The summed E-state index contributed by atoms with van der Waals surface area (Å²) in [5, 5.41) is 9.09. The molecule has 0 aliphatic heterocycles. The van der Waals surface area contributed by atoms with Crippen LogP contribution in [0, 0.1) is 0 Å². The van der Waals surface area contributed by atoms with Crippen LogP contribution in [0.5, 0.6) is 0 Å². The molecule has 0 fully saturated rings. The summed E-state index contributed by atoms with van der Waals surface area (Å²) in [6.45, 7) is -0.120. The summed E-state index contributed by atoms with van der Waals surface area (Å²) in [5.41, 5.74) is 6.79. The van der Waals surface area contributed by atoms with Gasteiger partial charge in [-0.15, -0.1) is 0 Å². The Morgan fingerprint density at radius 2 is 2.06 bits per heavy atom. The first-order valence-electron chi connectivity index (χ1n) is 4.54. The van der Waals surface area contributed by atoms with E-state index >= 15 is 0 Å². The number of nitrogens with one attached hydrogen (secondary N) is 1. The maximum absolute atomic E-state index is 11.2. The fourth-order valence-corrected chi connectivity index (χ4v) is 1.85. The maximum atomic E-state index is 11.2. The van der Waals surface area contributed by atoms with Gasteiger partial charge in [-0.1, -0.05) is 18.2 Å². The van der Waals surface area contributed by atoms with Gasteiger partial charge in [0.05, 0.1) is 19.4 Å². The Morgan fingerprint density at radius 3 is 2.56 bits per heavy atom. The van der Waals surface area contributed by atoms with Gasteiger partial charge < -0.3 is 10.8 Å². The molecule has 7 heteroatoms. The highest BCUT2D eigenvalue weighted by Crippen LogP contribution is 2.22. The van der Waals surface area contributed by atoms with Gasteiger partial charge in [0, 0.05) is 12.1 Å². The summed E-state index contributed by atoms with van der Waals surface area (Å²) in [7, 11) is -2.81. The number of nitrogens with two attached hydrogens (primary N) is 1. The molecular formula is C9H14N2O4S. The lowest BCUT2D eigenvalue weighted by Gasteiger charge is -2.13. The highest BCUT2D eigenvalue weighted by molar-refractivity contribution is 7.88. The number of benzene rings is 1. The van der Waals surface area contributed by atoms with E-state index in [0.717, 1.165) is 7.11 Å². The highest BCUT2D eigenvalue weighted by atomic mass is 32.2. The van der Waals surface area contributed by atoms with Crippen molar-refractivity contribution in [3.8, 4) is 0 Å². The topological polar surface area (TPSA) is 102 Å². The average Bonchev–Trinajstić information content (AvgIpc) is 2.29. The van der Waals surface area contributed by atoms with Crippen LogP contribution in [-0.4, -0.2) is 20.6 Å². The van der Waals surface area contributed by atoms with Gasteiger partial charge in [0.25, 0.3) is 0 Å². The summed E-state index contributed by atoms with van der Waals surface area (Å²) < 4.78 is 29.0. The lowest BCUT2D eigenvalue weighted by molar-refractivity contribution is 0.282. The van der Waals surface area contributed by atoms with Gasteiger partial charge in [0.2, 0.25) is 0 Å². The summed E-state index contributed by atoms with van der Waals surface area (Å²) in [5.74, 6) is 0. The van der Waals surface area contributed by atoms with Crippen LogP contribution in [0.1, 0.15) is 11.1 Å². The van der Waals surface area contributed by atoms with Gasteiger partial charge in [-0.05, 0) is 5.56 Å². The summed E-state index contributed by atoms with van der Waals surface area (Å²) >= 11 is 0. The zero-order chi connectivity index (χ0) is 12.2. The van der Waals surface area contributed by atoms with Crippen LogP contribution < -0.4 is 10.5 Å². The molecule has 1 rings (SSSR count). The van der Waals surface area contributed by atoms with E-state index in [1.165, 1.54) is 0 Å². The van der Waals surface area contributed by atoms with Gasteiger partial charge in [0.15, 0.2) is 0 Å². The Morgan fingerprint density at radius 1 is 1.44 bits per heavy atom. The lowest BCUT2D eigenvalue weighted by Crippen LogP contribution is -2.17. The van der Waals surface area contributed by atoms with E-state index in [0.29, 0.717) is 11.1 Å². The number of hydrogen-bond donors (Lipinski definition) is 3. The molecule has 16 heavy (non-hydrogen) atoms. The van der Waals surface area contributed by atoms with Gasteiger partial charge in [0.1, 0.15) is 0 Å². The molecule has 4 N–H and O–H groups in total. The molecule has 0 unspecified atom stereocenters. The zero-order valence-electron chi connectivity index (χ0n) is 8.80. The third kappa shape index (κ3) is 2.92. The fourth-order valence-electron chi connectivity index (χ4n) is 1.25. The molecular weight excluding hydrogens is 232 g/mol. The van der Waals surface area contributed by atoms with Crippen molar-refractivity contribution in [2.75, 3.05) is 11.8 Å². The number of anilines is 1. The number of para-hydroxylation sites is 1. The van der Waals surface area contributed by atoms with Crippen molar-refractivity contribution in [3.05, 3.63) is 29.3 Å². The van der Waals surface area contributed by atoms with E-state index in [4.69, 9.17) is 10.8 Å². The molecule has 0 saturated heterocycles. The Bertz CT molecular complexity index is 436. The van der Waals surface area contributed by atoms with Crippen molar-refractivity contribution in [2.24, 2.45) is 5.73 Å². The Balaban J connectivity index is 3.19. The normalized spacial score (nSPS) is 11.4. The molecule has 1 aromatic carbocycles. The van der Waals surface area contributed by atoms with Gasteiger partial charge in [-0.3, -0.25) is 8.91 Å². The lowest BCUT2D eigenvalue weighted by atomic mass is 10.1. The fraction of sp³-hybridized carbons (Fsp3) is 0.333. The monoisotopic (exact) mass is 246 g/mol. The second-order valence-electron chi connectivity index (χ2n) is 3.04. The summed E-state index contributed by atoms with van der Waals surface area (Å²) in [6, 6.07) is 4.97. The van der Waals surface area contributed by atoms with Crippen LogP contribution in [0.25, 0.3) is 0 Å². The summed E-state index contributed by atoms with van der Waals surface area (Å²) in [4.78, 5) is 0. The van der Waals surface area contributed by atoms with Crippen LogP contribution in [0.4, 0.5) is 5.69 Å². The van der Waals surface area contributed by atoms with E-state index in [2.05, 4.69) is 8.91 Å². The van der Waals surface area contributed by atoms with Crippen LogP contribution in [0.2, 0.25) is 0 Å². The van der Waals surface area contributed by atoms with Crippen molar-refractivity contribution < 1.29 is 17.7 Å². The second kappa shape index (κ2) is 5.26. The first-order chi connectivity index (χ1) is 7.54. The smallest absolute Gasteiger partial charge is 0.359 e. The molecule has 0 amide bonds. The molecule has 0 saturated carbocycles. The van der Waals surface area contributed by atoms with Crippen LogP contribution in [0.15, 0.2) is 18.2 Å². The molecule has 0 bridgehead atoms. The summed E-state index contributed by atoms with van der Waals surface area (Å²) in [6.07, 6.45) is 0. The predicted molar refractivity (Wildman–Crippen MR) is 59.8 cm³/mol. The third-order valence-corrected chi connectivity index (χ3v) is 2.97. The van der Waals surface area contributed by atoms with Crippen LogP contribution in [-0.2, 0) is 27.6 Å². The quantitative estimate of drug-likeness (QED) is 0.675. The van der Waals surface area contributed by atoms with Gasteiger partial charge in [-0.25, -0.2) is 0 Å². The number of aliphatic hydroxyl groups is 1. The van der Waals surface area contributed by atoms with Crippen LogP contribution >= 0.6 is 0 Å². The number of hydrogen-bond acceptors (Lipinski definition) is 5. The van der Waals surface area contributed by atoms with Crippen molar-refractivity contribution in [1.82, 2.24) is 0 Å². The van der Waals surface area contributed by atoms with E-state index in [1.54, 1.807) is 18.2 Å². The minimum Gasteiger partial charge on any atom is -0.392 e. The molecule has 0 radical (unpaired) electrons. The molecule has 1 aromatic rings. The molecule has 90 valence electrons. The largest absolute Gasteiger partial charge is 0.392 e. The first-order valence-corrected chi connectivity index (χ1v) is 5.95. The minimum atomic E-state index is -3.85. The Kier molecular flexibility index (Phi) is 4.25. The SMILES string of the molecule is COS(=O)(=O)Nc1c(CN)cccc1CO. The Labute approximate surface area is 94.3 Å². The maximum Gasteiger partial charge on any atom is 0.359 e. The average molecular weight is 246 g/mol. The van der Waals surface area contributed by atoms with Crippen molar-refractivity contribution in [1.29, 1.82) is 0 Å². The van der Waals surface area contributed by atoms with Crippen molar-refractivity contribution in [3.63, 3.8) is 0 Å². The predicted octanol–water partition coefficient (Wildman–Crippen LogP) is -0.0593. The second-order valence-corrected chi connectivity index (χ2v) is 4.48. The number of rotatable bonds is 5. The molecule has 0 heterocycles. The standard InChI is InChI=1S/C9H14N2O4S/c1-15-16(13,14)11-9-7(5-10)3-2-4-8(9)6-12/h2-4,11-12H,5-6,10H2,1H3. The van der Waals surface area contributed by atoms with E-state index in [1.807, 2.05) is 0 Å². The molecule has 0 spiro atoms. The zero-order valence-corrected chi connectivity index (χ0v) is 9.62. The molecule has 0 aliphatic carbocycles. The van der Waals surface area contributed by atoms with Crippen LogP contribution in [0.3, 0.4) is 0 Å². The molecule has 0 atom stereocenters. The first kappa shape index (κ1) is 12.9. The van der Waals surface area contributed by atoms with Crippen molar-refractivity contribution in [2.45, 2.75) is 13.2 Å². The van der Waals surface area contributed by atoms with E-state index in [-0.39, 0.29) is 18.8 Å². The molecule has 0 aliphatic rings. The van der Waals surface area contributed by atoms with E-state index < -0.39 is 10.3 Å². The third-order valence-electron chi connectivity index (χ3n) is 2.07. The van der Waals surface area contributed by atoms with E-state index in [9.17, 15) is 8.42 Å². The highest BCUT2D eigenvalue weighted by Gasteiger charge is 2.14. The van der Waals surface area contributed by atoms with Gasteiger partial charge in [-0.2, -0.15) is 8.42 Å². The molecule has 0 aromatic heterocycles. The van der Waals surface area contributed by atoms with Crippen molar-refractivity contribution >= 4 is 16.0 Å². The Hall–Kier alpha value is -1.15. The number of aliphatic hydroxyl groups excluding tert-OH is 1.